The van der Waals surface area contributed by atoms with Gasteiger partial charge in [-0.25, -0.2) is 4.98 Å². The van der Waals surface area contributed by atoms with Gasteiger partial charge in [0.2, 0.25) is 0 Å². The van der Waals surface area contributed by atoms with Crippen LogP contribution in [0.5, 0.6) is 5.75 Å². The van der Waals surface area contributed by atoms with Crippen LogP contribution in [0.1, 0.15) is 18.2 Å². The fourth-order valence-electron chi connectivity index (χ4n) is 3.19. The van der Waals surface area contributed by atoms with Crippen LogP contribution < -0.4 is 10.1 Å². The molecule has 0 saturated heterocycles. The van der Waals surface area contributed by atoms with Gasteiger partial charge in [-0.15, -0.1) is 0 Å². The van der Waals surface area contributed by atoms with E-state index in [9.17, 15) is 5.26 Å². The molecule has 2 aromatic heterocycles. The lowest BCUT2D eigenvalue weighted by atomic mass is 10.1. The van der Waals surface area contributed by atoms with Crippen LogP contribution in [0.15, 0.2) is 72.9 Å². The molecular weight excluding hydrogens is 348 g/mol. The molecule has 5 nitrogen and oxygen atoms in total. The normalized spacial score (nSPS) is 11.7. The summed E-state index contributed by atoms with van der Waals surface area (Å²) in [5.41, 5.74) is 3.45. The second kappa shape index (κ2) is 7.85. The van der Waals surface area contributed by atoms with Crippen LogP contribution >= 0.6 is 0 Å². The second-order valence-corrected chi connectivity index (χ2v) is 6.71. The van der Waals surface area contributed by atoms with Crippen LogP contribution in [-0.4, -0.2) is 16.1 Å². The van der Waals surface area contributed by atoms with E-state index in [0.717, 1.165) is 23.0 Å². The minimum atomic E-state index is -0.0283. The van der Waals surface area contributed by atoms with E-state index in [0.29, 0.717) is 17.3 Å². The summed E-state index contributed by atoms with van der Waals surface area (Å²) >= 11 is 0. The summed E-state index contributed by atoms with van der Waals surface area (Å²) in [6, 6.07) is 23.8. The molecule has 0 aliphatic heterocycles. The first-order valence-corrected chi connectivity index (χ1v) is 9.16. The lowest BCUT2D eigenvalue weighted by Gasteiger charge is -2.16. The number of pyridine rings is 1. The molecule has 4 aromatic rings. The highest BCUT2D eigenvalue weighted by molar-refractivity contribution is 5.83. The van der Waals surface area contributed by atoms with E-state index in [1.165, 1.54) is 5.56 Å². The van der Waals surface area contributed by atoms with Crippen molar-refractivity contribution in [2.45, 2.75) is 19.4 Å². The lowest BCUT2D eigenvalue weighted by Crippen LogP contribution is -2.15. The maximum atomic E-state index is 9.33. The minimum absolute atomic E-state index is 0.0283. The van der Waals surface area contributed by atoms with E-state index in [2.05, 4.69) is 33.5 Å². The predicted octanol–water partition coefficient (Wildman–Crippen LogP) is 5.19. The van der Waals surface area contributed by atoms with E-state index in [1.807, 2.05) is 61.7 Å². The number of rotatable bonds is 6. The summed E-state index contributed by atoms with van der Waals surface area (Å²) in [7, 11) is 0. The maximum Gasteiger partial charge on any atom is 0.146 e. The summed E-state index contributed by atoms with van der Waals surface area (Å²) < 4.78 is 6.06. The molecule has 1 unspecified atom stereocenters. The molecule has 28 heavy (non-hydrogen) atoms. The zero-order valence-corrected chi connectivity index (χ0v) is 15.5. The first-order valence-electron chi connectivity index (χ1n) is 9.16. The first kappa shape index (κ1) is 17.6. The molecule has 2 aromatic carbocycles. The monoisotopic (exact) mass is 368 g/mol. The van der Waals surface area contributed by atoms with Crippen molar-refractivity contribution in [2.24, 2.45) is 0 Å². The third-order valence-electron chi connectivity index (χ3n) is 4.44. The third kappa shape index (κ3) is 4.13. The SMILES string of the molecule is CC(Cc1ccccc1)Oc1cc(C#N)nc(Nc2ccc3cc[nH]c3c2)c1. The number of nitrogens with one attached hydrogen (secondary N) is 2. The van der Waals surface area contributed by atoms with E-state index in [-0.39, 0.29) is 6.10 Å². The zero-order chi connectivity index (χ0) is 19.3. The van der Waals surface area contributed by atoms with Crippen molar-refractivity contribution in [3.05, 3.63) is 84.2 Å². The summed E-state index contributed by atoms with van der Waals surface area (Å²) in [6.07, 6.45) is 2.67. The molecule has 5 heteroatoms. The van der Waals surface area contributed by atoms with Crippen molar-refractivity contribution in [3.8, 4) is 11.8 Å². The highest BCUT2D eigenvalue weighted by Crippen LogP contribution is 2.24. The molecule has 0 aliphatic rings. The summed E-state index contributed by atoms with van der Waals surface area (Å²) in [6.45, 7) is 2.02. The van der Waals surface area contributed by atoms with Crippen LogP contribution in [0.2, 0.25) is 0 Å². The fourth-order valence-corrected chi connectivity index (χ4v) is 3.19. The van der Waals surface area contributed by atoms with Crippen LogP contribution in [0, 0.1) is 11.3 Å². The number of ether oxygens (including phenoxy) is 1. The lowest BCUT2D eigenvalue weighted by molar-refractivity contribution is 0.222. The highest BCUT2D eigenvalue weighted by atomic mass is 16.5. The maximum absolute atomic E-state index is 9.33. The number of H-pyrrole nitrogens is 1. The molecule has 0 saturated carbocycles. The van der Waals surface area contributed by atoms with Gasteiger partial charge < -0.3 is 15.0 Å². The molecule has 138 valence electrons. The molecule has 1 atom stereocenters. The smallest absolute Gasteiger partial charge is 0.146 e. The van der Waals surface area contributed by atoms with Gasteiger partial charge in [-0.05, 0) is 36.1 Å². The number of benzene rings is 2. The third-order valence-corrected chi connectivity index (χ3v) is 4.44. The van der Waals surface area contributed by atoms with Gasteiger partial charge in [0.25, 0.3) is 0 Å². The van der Waals surface area contributed by atoms with Crippen molar-refractivity contribution in [1.82, 2.24) is 9.97 Å². The Kier molecular flexibility index (Phi) is 4.94. The Morgan fingerprint density at radius 2 is 1.96 bits per heavy atom. The van der Waals surface area contributed by atoms with Gasteiger partial charge >= 0.3 is 0 Å². The van der Waals surface area contributed by atoms with Crippen molar-refractivity contribution < 1.29 is 4.74 Å². The minimum Gasteiger partial charge on any atom is -0.490 e. The highest BCUT2D eigenvalue weighted by Gasteiger charge is 2.09. The zero-order valence-electron chi connectivity index (χ0n) is 15.5. The van der Waals surface area contributed by atoms with Crippen LogP contribution in [0.4, 0.5) is 11.5 Å². The topological polar surface area (TPSA) is 73.7 Å². The van der Waals surface area contributed by atoms with Crippen LogP contribution in [-0.2, 0) is 6.42 Å². The van der Waals surface area contributed by atoms with Gasteiger partial charge in [-0.3, -0.25) is 0 Å². The number of anilines is 2. The van der Waals surface area contributed by atoms with E-state index < -0.39 is 0 Å². The average Bonchev–Trinajstić information content (AvgIpc) is 3.16. The fraction of sp³-hybridized carbons (Fsp3) is 0.130. The van der Waals surface area contributed by atoms with Gasteiger partial charge in [-0.1, -0.05) is 36.4 Å². The Bertz CT molecular complexity index is 1130. The van der Waals surface area contributed by atoms with E-state index in [4.69, 9.17) is 4.74 Å². The standard InChI is InChI=1S/C23H20N4O/c1-16(11-17-5-3-2-4-6-17)28-21-12-20(15-24)27-23(14-21)26-19-8-7-18-9-10-25-22(18)13-19/h2-10,12-14,16,25H,11H2,1H3,(H,26,27). The number of fused-ring (bicyclic) bond motifs is 1. The molecule has 0 fully saturated rings. The summed E-state index contributed by atoms with van der Waals surface area (Å²) in [5.74, 6) is 1.20. The van der Waals surface area contributed by atoms with Crippen molar-refractivity contribution in [2.75, 3.05) is 5.32 Å². The molecule has 4 rings (SSSR count). The first-order chi connectivity index (χ1) is 13.7. The van der Waals surface area contributed by atoms with Gasteiger partial charge in [0.05, 0.1) is 6.10 Å². The number of hydrogen-bond acceptors (Lipinski definition) is 4. The van der Waals surface area contributed by atoms with Gasteiger partial charge in [0, 0.05) is 36.0 Å². The Morgan fingerprint density at radius 3 is 2.79 bits per heavy atom. The Balaban J connectivity index is 1.52. The molecule has 0 spiro atoms. The molecule has 2 heterocycles. The molecule has 2 N–H and O–H groups in total. The van der Waals surface area contributed by atoms with Gasteiger partial charge in [-0.2, -0.15) is 5.26 Å². The number of aromatic nitrogens is 2. The molecule has 0 bridgehead atoms. The van der Waals surface area contributed by atoms with Gasteiger partial charge in [0.1, 0.15) is 23.3 Å². The molecular formula is C23H20N4O. The Hall–Kier alpha value is -3.78. The number of nitriles is 1. The van der Waals surface area contributed by atoms with Crippen LogP contribution in [0.3, 0.4) is 0 Å². The Labute approximate surface area is 163 Å². The van der Waals surface area contributed by atoms with E-state index >= 15 is 0 Å². The number of hydrogen-bond donors (Lipinski definition) is 2. The Morgan fingerprint density at radius 1 is 1.11 bits per heavy atom. The van der Waals surface area contributed by atoms with E-state index in [1.54, 1.807) is 6.07 Å². The van der Waals surface area contributed by atoms with Crippen molar-refractivity contribution in [3.63, 3.8) is 0 Å². The summed E-state index contributed by atoms with van der Waals surface area (Å²) in [4.78, 5) is 7.54. The van der Waals surface area contributed by atoms with Crippen molar-refractivity contribution >= 4 is 22.4 Å². The quantitative estimate of drug-likeness (QED) is 0.491. The van der Waals surface area contributed by atoms with Gasteiger partial charge in [0.15, 0.2) is 0 Å². The average molecular weight is 368 g/mol. The van der Waals surface area contributed by atoms with Crippen molar-refractivity contribution in [1.29, 1.82) is 5.26 Å². The largest absolute Gasteiger partial charge is 0.490 e. The second-order valence-electron chi connectivity index (χ2n) is 6.71. The predicted molar refractivity (Wildman–Crippen MR) is 111 cm³/mol. The number of nitrogens with zero attached hydrogens (tertiary/aromatic N) is 2. The summed E-state index contributed by atoms with van der Waals surface area (Å²) in [5, 5.41) is 13.7. The molecule has 0 radical (unpaired) electrons. The molecule has 0 aliphatic carbocycles. The van der Waals surface area contributed by atoms with Crippen LogP contribution in [0.25, 0.3) is 10.9 Å². The number of aromatic amines is 1. The molecule has 0 amide bonds.